The van der Waals surface area contributed by atoms with E-state index in [4.69, 9.17) is 0 Å². The molecular formula is C14H21N3O3S. The Labute approximate surface area is 125 Å². The molecule has 21 heavy (non-hydrogen) atoms. The lowest BCUT2D eigenvalue weighted by Crippen LogP contribution is -2.46. The second kappa shape index (κ2) is 6.55. The Morgan fingerprint density at radius 3 is 2.52 bits per heavy atom. The van der Waals surface area contributed by atoms with Crippen molar-refractivity contribution in [2.45, 2.75) is 36.7 Å². The summed E-state index contributed by atoms with van der Waals surface area (Å²) in [6.45, 7) is 2.85. The van der Waals surface area contributed by atoms with Gasteiger partial charge < -0.3 is 10.6 Å². The molecule has 1 saturated heterocycles. The Kier molecular flexibility index (Phi) is 4.97. The van der Waals surface area contributed by atoms with Crippen LogP contribution in [0.4, 0.5) is 0 Å². The fraction of sp³-hybridized carbons (Fsp3) is 0.500. The minimum Gasteiger partial charge on any atom is -0.355 e. The van der Waals surface area contributed by atoms with E-state index in [1.165, 1.54) is 31.3 Å². The van der Waals surface area contributed by atoms with Gasteiger partial charge in [-0.15, -0.1) is 0 Å². The van der Waals surface area contributed by atoms with Crippen molar-refractivity contribution in [1.29, 1.82) is 0 Å². The minimum atomic E-state index is -3.54. The standard InChI is InChI=1S/C14H21N3O3S/c1-10-9-12(7-8-16-10)17-21(19,20)13-5-3-11(4-6-13)14(18)15-2/h3-6,10,12,16-17H,7-9H2,1-2H3,(H,15,18). The van der Waals surface area contributed by atoms with E-state index in [0.717, 1.165) is 19.4 Å². The number of hydrogen-bond acceptors (Lipinski definition) is 4. The fourth-order valence-corrected chi connectivity index (χ4v) is 3.74. The molecule has 1 aliphatic heterocycles. The summed E-state index contributed by atoms with van der Waals surface area (Å²) in [6.07, 6.45) is 1.55. The third-order valence-corrected chi connectivity index (χ3v) is 5.14. The average Bonchev–Trinajstić information content (AvgIpc) is 2.46. The molecule has 116 valence electrons. The predicted molar refractivity (Wildman–Crippen MR) is 80.6 cm³/mol. The summed E-state index contributed by atoms with van der Waals surface area (Å²) in [6, 6.07) is 6.19. The van der Waals surface area contributed by atoms with Gasteiger partial charge in [0, 0.05) is 24.7 Å². The quantitative estimate of drug-likeness (QED) is 0.754. The molecule has 1 aromatic rings. The molecule has 0 spiro atoms. The summed E-state index contributed by atoms with van der Waals surface area (Å²) < 4.78 is 27.4. The normalized spacial score (nSPS) is 22.8. The Hall–Kier alpha value is -1.44. The van der Waals surface area contributed by atoms with Gasteiger partial charge in [-0.1, -0.05) is 0 Å². The number of rotatable bonds is 4. The van der Waals surface area contributed by atoms with E-state index in [0.29, 0.717) is 11.6 Å². The van der Waals surface area contributed by atoms with Gasteiger partial charge in [0.15, 0.2) is 0 Å². The lowest BCUT2D eigenvalue weighted by Gasteiger charge is -2.28. The van der Waals surface area contributed by atoms with E-state index in [1.807, 2.05) is 6.92 Å². The van der Waals surface area contributed by atoms with Crippen molar-refractivity contribution < 1.29 is 13.2 Å². The molecule has 1 fully saturated rings. The molecule has 0 bridgehead atoms. The summed E-state index contributed by atoms with van der Waals surface area (Å²) in [4.78, 5) is 11.6. The van der Waals surface area contributed by atoms with Gasteiger partial charge in [0.1, 0.15) is 0 Å². The van der Waals surface area contributed by atoms with Crippen LogP contribution in [-0.2, 0) is 10.0 Å². The molecule has 1 amide bonds. The minimum absolute atomic E-state index is 0.0510. The maximum absolute atomic E-state index is 12.3. The molecule has 0 radical (unpaired) electrons. The average molecular weight is 311 g/mol. The third kappa shape index (κ3) is 4.03. The van der Waals surface area contributed by atoms with E-state index in [2.05, 4.69) is 15.4 Å². The first-order chi connectivity index (χ1) is 9.92. The number of sulfonamides is 1. The molecule has 6 nitrogen and oxygen atoms in total. The number of hydrogen-bond donors (Lipinski definition) is 3. The van der Waals surface area contributed by atoms with Crippen LogP contribution in [0.25, 0.3) is 0 Å². The van der Waals surface area contributed by atoms with Crippen molar-refractivity contribution in [1.82, 2.24) is 15.4 Å². The van der Waals surface area contributed by atoms with Crippen molar-refractivity contribution >= 4 is 15.9 Å². The summed E-state index contributed by atoms with van der Waals surface area (Å²) in [5, 5.41) is 5.78. The van der Waals surface area contributed by atoms with Crippen molar-refractivity contribution in [3.05, 3.63) is 29.8 Å². The van der Waals surface area contributed by atoms with Crippen molar-refractivity contribution in [3.63, 3.8) is 0 Å². The van der Waals surface area contributed by atoms with E-state index in [1.54, 1.807) is 0 Å². The van der Waals surface area contributed by atoms with Crippen LogP contribution in [0.1, 0.15) is 30.1 Å². The zero-order valence-electron chi connectivity index (χ0n) is 12.2. The molecule has 1 aromatic carbocycles. The van der Waals surface area contributed by atoms with Crippen LogP contribution >= 0.6 is 0 Å². The lowest BCUT2D eigenvalue weighted by molar-refractivity contribution is 0.0963. The van der Waals surface area contributed by atoms with Crippen molar-refractivity contribution in [2.24, 2.45) is 0 Å². The van der Waals surface area contributed by atoms with E-state index in [9.17, 15) is 13.2 Å². The SMILES string of the molecule is CNC(=O)c1ccc(S(=O)(=O)NC2CCNC(C)C2)cc1. The molecule has 0 aliphatic carbocycles. The van der Waals surface area contributed by atoms with Crippen LogP contribution in [-0.4, -0.2) is 40.0 Å². The second-order valence-corrected chi connectivity index (χ2v) is 7.02. The zero-order chi connectivity index (χ0) is 15.5. The van der Waals surface area contributed by atoms with Crippen molar-refractivity contribution in [2.75, 3.05) is 13.6 Å². The first-order valence-corrected chi connectivity index (χ1v) is 8.48. The number of amides is 1. The predicted octanol–water partition coefficient (Wildman–Crippen LogP) is 0.465. The molecule has 1 aliphatic rings. The van der Waals surface area contributed by atoms with Crippen LogP contribution < -0.4 is 15.4 Å². The van der Waals surface area contributed by atoms with Gasteiger partial charge in [0.2, 0.25) is 10.0 Å². The monoisotopic (exact) mass is 311 g/mol. The van der Waals surface area contributed by atoms with E-state index >= 15 is 0 Å². The maximum Gasteiger partial charge on any atom is 0.251 e. The first-order valence-electron chi connectivity index (χ1n) is 7.00. The Bertz CT molecular complexity index is 598. The number of carbonyl (C=O) groups is 1. The lowest BCUT2D eigenvalue weighted by atomic mass is 10.0. The largest absolute Gasteiger partial charge is 0.355 e. The van der Waals surface area contributed by atoms with Gasteiger partial charge in [-0.3, -0.25) is 4.79 Å². The Balaban J connectivity index is 2.10. The van der Waals surface area contributed by atoms with Gasteiger partial charge >= 0.3 is 0 Å². The third-order valence-electron chi connectivity index (χ3n) is 3.60. The number of benzene rings is 1. The topological polar surface area (TPSA) is 87.3 Å². The summed E-state index contributed by atoms with van der Waals surface area (Å²) in [5.41, 5.74) is 0.437. The Morgan fingerprint density at radius 2 is 1.95 bits per heavy atom. The van der Waals surface area contributed by atoms with Gasteiger partial charge in [0.05, 0.1) is 4.90 Å². The van der Waals surface area contributed by atoms with Gasteiger partial charge in [-0.25, -0.2) is 13.1 Å². The van der Waals surface area contributed by atoms with Crippen LogP contribution in [0.2, 0.25) is 0 Å². The number of nitrogens with one attached hydrogen (secondary N) is 3. The highest BCUT2D eigenvalue weighted by Crippen LogP contribution is 2.15. The Morgan fingerprint density at radius 1 is 1.29 bits per heavy atom. The molecule has 1 heterocycles. The zero-order valence-corrected chi connectivity index (χ0v) is 13.0. The van der Waals surface area contributed by atoms with Crippen molar-refractivity contribution in [3.8, 4) is 0 Å². The van der Waals surface area contributed by atoms with Gasteiger partial charge in [-0.05, 0) is 50.6 Å². The molecule has 0 saturated carbocycles. The highest BCUT2D eigenvalue weighted by Gasteiger charge is 2.24. The molecule has 0 aromatic heterocycles. The van der Waals surface area contributed by atoms with E-state index < -0.39 is 10.0 Å². The van der Waals surface area contributed by atoms with Crippen LogP contribution in [0.15, 0.2) is 29.2 Å². The molecule has 2 unspecified atom stereocenters. The van der Waals surface area contributed by atoms with Crippen LogP contribution in [0, 0.1) is 0 Å². The molecule has 7 heteroatoms. The van der Waals surface area contributed by atoms with Crippen LogP contribution in [0.3, 0.4) is 0 Å². The summed E-state index contributed by atoms with van der Waals surface area (Å²) >= 11 is 0. The molecule has 2 atom stereocenters. The highest BCUT2D eigenvalue weighted by molar-refractivity contribution is 7.89. The van der Waals surface area contributed by atoms with Crippen LogP contribution in [0.5, 0.6) is 0 Å². The molecular weight excluding hydrogens is 290 g/mol. The van der Waals surface area contributed by atoms with E-state index in [-0.39, 0.29) is 16.8 Å². The molecule has 2 rings (SSSR count). The second-order valence-electron chi connectivity index (χ2n) is 5.30. The molecule has 3 N–H and O–H groups in total. The number of piperidine rings is 1. The summed E-state index contributed by atoms with van der Waals surface area (Å²) in [7, 11) is -2.01. The first kappa shape index (κ1) is 15.9. The maximum atomic E-state index is 12.3. The summed E-state index contributed by atoms with van der Waals surface area (Å²) in [5.74, 6) is -0.237. The highest BCUT2D eigenvalue weighted by atomic mass is 32.2. The van der Waals surface area contributed by atoms with Gasteiger partial charge in [-0.2, -0.15) is 0 Å². The number of carbonyl (C=O) groups excluding carboxylic acids is 1. The fourth-order valence-electron chi connectivity index (χ4n) is 2.46. The smallest absolute Gasteiger partial charge is 0.251 e. The van der Waals surface area contributed by atoms with Gasteiger partial charge in [0.25, 0.3) is 5.91 Å².